The van der Waals surface area contributed by atoms with Crippen molar-refractivity contribution in [3.63, 3.8) is 0 Å². The van der Waals surface area contributed by atoms with Crippen LogP contribution in [0.4, 0.5) is 0 Å². The van der Waals surface area contributed by atoms with E-state index in [2.05, 4.69) is 40.3 Å². The minimum absolute atomic E-state index is 0.0342. The monoisotopic (exact) mass is 306 g/mol. The lowest BCUT2D eigenvalue weighted by Crippen LogP contribution is -2.63. The summed E-state index contributed by atoms with van der Waals surface area (Å²) in [6, 6.07) is 0. The fourth-order valence-electron chi connectivity index (χ4n) is 6.62. The third-order valence-electron chi connectivity index (χ3n) is 8.03. The van der Waals surface area contributed by atoms with Crippen LogP contribution in [0, 0.1) is 28.1 Å². The Morgan fingerprint density at radius 2 is 1.59 bits per heavy atom. The van der Waals surface area contributed by atoms with Gasteiger partial charge in [-0.15, -0.1) is 6.58 Å². The van der Waals surface area contributed by atoms with Crippen molar-refractivity contribution in [1.82, 2.24) is 0 Å². The molecule has 0 aromatic carbocycles. The highest BCUT2D eigenvalue weighted by atomic mass is 16.3. The molecule has 3 rings (SSSR count). The first kappa shape index (κ1) is 16.5. The molecular weight excluding hydrogens is 272 g/mol. The Bertz CT molecular complexity index is 470. The van der Waals surface area contributed by atoms with Gasteiger partial charge in [0.15, 0.2) is 0 Å². The van der Waals surface area contributed by atoms with Gasteiger partial charge in [-0.2, -0.15) is 0 Å². The van der Waals surface area contributed by atoms with Gasteiger partial charge in [-0.1, -0.05) is 33.8 Å². The zero-order valence-electron chi connectivity index (χ0n) is 14.9. The largest absolute Gasteiger partial charge is 0.393 e. The molecule has 0 bridgehead atoms. The minimum Gasteiger partial charge on any atom is -0.393 e. The van der Waals surface area contributed by atoms with Crippen molar-refractivity contribution in [2.24, 2.45) is 28.1 Å². The smallest absolute Gasteiger partial charge is 0.0689 e. The summed E-state index contributed by atoms with van der Waals surface area (Å²) in [5, 5.41) is 22.0. The summed E-state index contributed by atoms with van der Waals surface area (Å²) in [4.78, 5) is 0. The van der Waals surface area contributed by atoms with Crippen molar-refractivity contribution in [2.45, 2.75) is 84.3 Å². The molecule has 3 aliphatic carbocycles. The Balaban J connectivity index is 1.95. The van der Waals surface area contributed by atoms with E-state index in [-0.39, 0.29) is 22.3 Å². The first-order valence-electron chi connectivity index (χ1n) is 9.11. The Hall–Kier alpha value is -0.340. The highest BCUT2D eigenvalue weighted by Crippen LogP contribution is 2.66. The summed E-state index contributed by atoms with van der Waals surface area (Å²) in [5.41, 5.74) is -0.325. The van der Waals surface area contributed by atoms with Gasteiger partial charge in [0.25, 0.3) is 0 Å². The van der Waals surface area contributed by atoms with Crippen LogP contribution in [-0.2, 0) is 0 Å². The van der Waals surface area contributed by atoms with Crippen molar-refractivity contribution >= 4 is 0 Å². The summed E-state index contributed by atoms with van der Waals surface area (Å²) < 4.78 is 0. The summed E-state index contributed by atoms with van der Waals surface area (Å²) >= 11 is 0. The summed E-state index contributed by atoms with van der Waals surface area (Å²) in [6.07, 6.45) is 8.82. The van der Waals surface area contributed by atoms with Crippen molar-refractivity contribution in [3.05, 3.63) is 12.7 Å². The summed E-state index contributed by atoms with van der Waals surface area (Å²) in [7, 11) is 0. The summed E-state index contributed by atoms with van der Waals surface area (Å²) in [5.74, 6) is 0.890. The van der Waals surface area contributed by atoms with Crippen molar-refractivity contribution in [1.29, 1.82) is 0 Å². The maximum atomic E-state index is 11.5. The molecule has 0 heterocycles. The van der Waals surface area contributed by atoms with Crippen LogP contribution in [0.2, 0.25) is 0 Å². The van der Waals surface area contributed by atoms with Crippen LogP contribution in [0.3, 0.4) is 0 Å². The van der Waals surface area contributed by atoms with Crippen LogP contribution in [0.5, 0.6) is 0 Å². The highest BCUT2D eigenvalue weighted by Gasteiger charge is 2.63. The molecule has 0 aromatic rings. The molecule has 0 aromatic heterocycles. The van der Waals surface area contributed by atoms with Gasteiger partial charge < -0.3 is 10.2 Å². The van der Waals surface area contributed by atoms with E-state index in [1.54, 1.807) is 0 Å². The van der Waals surface area contributed by atoms with Gasteiger partial charge in [-0.25, -0.2) is 0 Å². The third kappa shape index (κ3) is 2.13. The number of hydrogen-bond acceptors (Lipinski definition) is 2. The molecule has 0 aliphatic heterocycles. The molecule has 2 unspecified atom stereocenters. The molecule has 2 nitrogen and oxygen atoms in total. The van der Waals surface area contributed by atoms with Crippen LogP contribution in [0.1, 0.15) is 72.6 Å². The molecule has 0 amide bonds. The summed E-state index contributed by atoms with van der Waals surface area (Å²) in [6.45, 7) is 13.1. The Kier molecular flexibility index (Phi) is 3.63. The average Bonchev–Trinajstić information content (AvgIpc) is 2.42. The Morgan fingerprint density at radius 3 is 2.23 bits per heavy atom. The second-order valence-electron chi connectivity index (χ2n) is 9.70. The average molecular weight is 306 g/mol. The number of fused-ring (bicyclic) bond motifs is 3. The number of hydrogen-bond donors (Lipinski definition) is 2. The fraction of sp³-hybridized carbons (Fsp3) is 0.900. The van der Waals surface area contributed by atoms with E-state index in [1.165, 1.54) is 0 Å². The lowest BCUT2D eigenvalue weighted by atomic mass is 9.41. The number of rotatable bonds is 1. The van der Waals surface area contributed by atoms with E-state index in [0.29, 0.717) is 11.8 Å². The SMILES string of the molecule is C=C[C@@]1(C)CCC2[C@@](O)(CCC3C(C)(C)[C@@H](O)CC[C@@]32C)C1. The van der Waals surface area contributed by atoms with Crippen molar-refractivity contribution in [3.8, 4) is 0 Å². The zero-order valence-corrected chi connectivity index (χ0v) is 14.9. The van der Waals surface area contributed by atoms with Crippen molar-refractivity contribution in [2.75, 3.05) is 0 Å². The van der Waals surface area contributed by atoms with Gasteiger partial charge in [0.1, 0.15) is 0 Å². The highest BCUT2D eigenvalue weighted by molar-refractivity contribution is 5.14. The topological polar surface area (TPSA) is 40.5 Å². The molecule has 126 valence electrons. The number of aliphatic hydroxyl groups excluding tert-OH is 1. The van der Waals surface area contributed by atoms with Gasteiger partial charge in [-0.05, 0) is 73.0 Å². The molecular formula is C20H34O2. The number of aliphatic hydroxyl groups is 2. The maximum absolute atomic E-state index is 11.5. The first-order chi connectivity index (χ1) is 10.1. The molecule has 6 atom stereocenters. The second-order valence-corrected chi connectivity index (χ2v) is 9.70. The van der Waals surface area contributed by atoms with E-state index in [1.807, 2.05) is 0 Å². The van der Waals surface area contributed by atoms with Crippen LogP contribution < -0.4 is 0 Å². The van der Waals surface area contributed by atoms with Crippen molar-refractivity contribution < 1.29 is 10.2 Å². The van der Waals surface area contributed by atoms with E-state index in [0.717, 1.165) is 44.9 Å². The van der Waals surface area contributed by atoms with Gasteiger partial charge in [0, 0.05) is 0 Å². The third-order valence-corrected chi connectivity index (χ3v) is 8.03. The number of allylic oxidation sites excluding steroid dienone is 1. The molecule has 3 fully saturated rings. The van der Waals surface area contributed by atoms with Crippen LogP contribution in [-0.4, -0.2) is 21.9 Å². The fourth-order valence-corrected chi connectivity index (χ4v) is 6.62. The lowest BCUT2D eigenvalue weighted by molar-refractivity contribution is -0.221. The normalized spacial score (nSPS) is 54.2. The van der Waals surface area contributed by atoms with Gasteiger partial charge in [0.05, 0.1) is 11.7 Å². The Morgan fingerprint density at radius 1 is 0.955 bits per heavy atom. The molecule has 0 radical (unpaired) electrons. The zero-order chi connectivity index (χ0) is 16.4. The predicted molar refractivity (Wildman–Crippen MR) is 90.4 cm³/mol. The first-order valence-corrected chi connectivity index (χ1v) is 9.11. The van der Waals surface area contributed by atoms with Crippen LogP contribution in [0.15, 0.2) is 12.7 Å². The minimum atomic E-state index is -0.537. The molecule has 3 aliphatic rings. The molecule has 3 saturated carbocycles. The van der Waals surface area contributed by atoms with Gasteiger partial charge in [-0.3, -0.25) is 0 Å². The van der Waals surface area contributed by atoms with Gasteiger partial charge in [0.2, 0.25) is 0 Å². The van der Waals surface area contributed by atoms with Crippen LogP contribution in [0.25, 0.3) is 0 Å². The standard InChI is InChI=1S/C20H34O2/c1-6-18(4)10-7-15-19(5)11-9-16(21)17(2,3)14(19)8-12-20(15,22)13-18/h6,14-16,21-22H,1,7-13H2,2-5H3/t14?,15?,16-,18-,19-,20+/m0/s1. The lowest BCUT2D eigenvalue weighted by Gasteiger charge is -2.65. The maximum Gasteiger partial charge on any atom is 0.0689 e. The molecule has 22 heavy (non-hydrogen) atoms. The molecule has 0 spiro atoms. The van der Waals surface area contributed by atoms with E-state index in [9.17, 15) is 10.2 Å². The Labute approximate surface area is 136 Å². The van der Waals surface area contributed by atoms with E-state index in [4.69, 9.17) is 0 Å². The van der Waals surface area contributed by atoms with E-state index < -0.39 is 5.60 Å². The van der Waals surface area contributed by atoms with Crippen LogP contribution >= 0.6 is 0 Å². The molecule has 0 saturated heterocycles. The van der Waals surface area contributed by atoms with Gasteiger partial charge >= 0.3 is 0 Å². The molecule has 2 heteroatoms. The predicted octanol–water partition coefficient (Wildman–Crippen LogP) is 4.31. The quantitative estimate of drug-likeness (QED) is 0.709. The second kappa shape index (κ2) is 4.83. The van der Waals surface area contributed by atoms with E-state index >= 15 is 0 Å². The molecule has 2 N–H and O–H groups in total.